The third-order valence-electron chi connectivity index (χ3n) is 7.65. The van der Waals surface area contributed by atoms with Crippen molar-refractivity contribution in [2.75, 3.05) is 26.2 Å². The summed E-state index contributed by atoms with van der Waals surface area (Å²) in [6, 6.07) is 8.08. The number of rotatable bonds is 5. The first kappa shape index (κ1) is 28.2. The number of piperidine rings is 1. The second-order valence-corrected chi connectivity index (χ2v) is 10.3. The molecule has 1 spiro atoms. The molecule has 3 atom stereocenters. The first-order valence-corrected chi connectivity index (χ1v) is 12.6. The SMILES string of the molecule is CCCC(C)N1C[C@H]2C(=O)NC3(CCN(C(=O)Cc4ccccc4Cl)CC3)[C@H]2C1.O=C(O)C(F)(F)F. The number of carbonyl (C=O) groups is 3. The van der Waals surface area contributed by atoms with E-state index < -0.39 is 12.1 Å². The number of fused-ring (bicyclic) bond motifs is 2. The number of carbonyl (C=O) groups excluding carboxylic acids is 2. The monoisotopic (exact) mass is 531 g/mol. The molecule has 200 valence electrons. The molecule has 2 amide bonds. The Bertz CT molecular complexity index is 966. The molecule has 4 rings (SSSR count). The average molecular weight is 532 g/mol. The molecule has 2 N–H and O–H groups in total. The van der Waals surface area contributed by atoms with Crippen molar-refractivity contribution in [3.63, 3.8) is 0 Å². The van der Waals surface area contributed by atoms with Gasteiger partial charge in [-0.25, -0.2) is 4.79 Å². The lowest BCUT2D eigenvalue weighted by atomic mass is 9.75. The van der Waals surface area contributed by atoms with Crippen molar-refractivity contribution in [3.8, 4) is 0 Å². The molecule has 7 nitrogen and oxygen atoms in total. The standard InChI is InChI=1S/C23H32ClN3O2.C2HF3O2/c1-3-6-16(2)27-14-18-19(15-27)23(25-22(18)29)9-11-26(12-10-23)21(28)13-17-7-4-5-8-20(17)24;3-2(4,5)1(6)7/h4-5,7-8,16,18-19H,3,6,9-15H2,1-2H3,(H,25,29);(H,6,7)/t16?,18-,19+;/m1./s1. The Hall–Kier alpha value is -2.33. The fourth-order valence-electron chi connectivity index (χ4n) is 5.62. The highest BCUT2D eigenvalue weighted by Crippen LogP contribution is 2.44. The molecule has 11 heteroatoms. The maximum absolute atomic E-state index is 12.8. The van der Waals surface area contributed by atoms with Crippen LogP contribution < -0.4 is 5.32 Å². The van der Waals surface area contributed by atoms with Gasteiger partial charge in [0.1, 0.15) is 0 Å². The Kier molecular flexibility index (Phi) is 8.93. The first-order chi connectivity index (χ1) is 16.9. The Morgan fingerprint density at radius 3 is 2.39 bits per heavy atom. The molecular formula is C25H33ClF3N3O4. The third kappa shape index (κ3) is 6.32. The summed E-state index contributed by atoms with van der Waals surface area (Å²) in [6.07, 6.45) is -0.688. The number of halogens is 4. The zero-order valence-electron chi connectivity index (χ0n) is 20.5. The van der Waals surface area contributed by atoms with Crippen LogP contribution in [0.5, 0.6) is 0 Å². The van der Waals surface area contributed by atoms with Gasteiger partial charge in [-0.1, -0.05) is 43.1 Å². The lowest BCUT2D eigenvalue weighted by Gasteiger charge is -2.43. The predicted molar refractivity (Wildman–Crippen MR) is 128 cm³/mol. The molecule has 0 aliphatic carbocycles. The van der Waals surface area contributed by atoms with Gasteiger partial charge in [-0.15, -0.1) is 0 Å². The summed E-state index contributed by atoms with van der Waals surface area (Å²) >= 11 is 6.22. The molecule has 1 aromatic carbocycles. The Morgan fingerprint density at radius 2 is 1.83 bits per heavy atom. The highest BCUT2D eigenvalue weighted by atomic mass is 35.5. The van der Waals surface area contributed by atoms with Gasteiger partial charge in [-0.2, -0.15) is 13.2 Å². The first-order valence-electron chi connectivity index (χ1n) is 12.3. The molecule has 3 heterocycles. The van der Waals surface area contributed by atoms with E-state index in [2.05, 4.69) is 24.1 Å². The fourth-order valence-corrected chi connectivity index (χ4v) is 5.82. The van der Waals surface area contributed by atoms with Gasteiger partial charge in [0, 0.05) is 48.7 Å². The zero-order chi connectivity index (χ0) is 26.7. The number of nitrogens with one attached hydrogen (secondary N) is 1. The van der Waals surface area contributed by atoms with Crippen molar-refractivity contribution < 1.29 is 32.7 Å². The summed E-state index contributed by atoms with van der Waals surface area (Å²) in [7, 11) is 0. The lowest BCUT2D eigenvalue weighted by molar-refractivity contribution is -0.192. The van der Waals surface area contributed by atoms with Crippen LogP contribution in [0.15, 0.2) is 24.3 Å². The molecule has 3 aliphatic rings. The maximum Gasteiger partial charge on any atom is 0.490 e. The molecule has 0 bridgehead atoms. The van der Waals surface area contributed by atoms with Gasteiger partial charge >= 0.3 is 12.1 Å². The summed E-state index contributed by atoms with van der Waals surface area (Å²) in [5.41, 5.74) is 0.744. The number of amides is 2. The van der Waals surface area contributed by atoms with Crippen LogP contribution in [0, 0.1) is 11.8 Å². The van der Waals surface area contributed by atoms with Crippen molar-refractivity contribution in [2.24, 2.45) is 11.8 Å². The quantitative estimate of drug-likeness (QED) is 0.604. The summed E-state index contributed by atoms with van der Waals surface area (Å²) < 4.78 is 31.7. The molecule has 1 aromatic rings. The number of nitrogens with zero attached hydrogens (tertiary/aromatic N) is 2. The van der Waals surface area contributed by atoms with Crippen molar-refractivity contribution in [2.45, 2.75) is 63.7 Å². The normalized spacial score (nSPS) is 24.1. The van der Waals surface area contributed by atoms with Gasteiger partial charge in [0.25, 0.3) is 0 Å². The maximum atomic E-state index is 12.8. The van der Waals surface area contributed by atoms with Crippen LogP contribution in [0.2, 0.25) is 5.02 Å². The second-order valence-electron chi connectivity index (χ2n) is 9.90. The topological polar surface area (TPSA) is 90.0 Å². The van der Waals surface area contributed by atoms with Crippen LogP contribution in [0.3, 0.4) is 0 Å². The van der Waals surface area contributed by atoms with Crippen molar-refractivity contribution in [1.82, 2.24) is 15.1 Å². The van der Waals surface area contributed by atoms with E-state index in [-0.39, 0.29) is 23.3 Å². The number of hydrogen-bond acceptors (Lipinski definition) is 4. The second kappa shape index (κ2) is 11.4. The van der Waals surface area contributed by atoms with Crippen molar-refractivity contribution in [1.29, 1.82) is 0 Å². The van der Waals surface area contributed by atoms with Gasteiger partial charge in [-0.3, -0.25) is 14.5 Å². The zero-order valence-corrected chi connectivity index (χ0v) is 21.2. The van der Waals surface area contributed by atoms with Crippen LogP contribution in [0.1, 0.15) is 45.1 Å². The van der Waals surface area contributed by atoms with E-state index in [0.717, 1.165) is 31.5 Å². The molecule has 3 aliphatic heterocycles. The van der Waals surface area contributed by atoms with Crippen LogP contribution in [0.25, 0.3) is 0 Å². The number of alkyl halides is 3. The smallest absolute Gasteiger partial charge is 0.475 e. The number of aliphatic carboxylic acids is 1. The fraction of sp³-hybridized carbons (Fsp3) is 0.640. The molecule has 0 saturated carbocycles. The van der Waals surface area contributed by atoms with Gasteiger partial charge in [0.05, 0.1) is 12.3 Å². The number of benzene rings is 1. The van der Waals surface area contributed by atoms with Gasteiger partial charge in [0.2, 0.25) is 11.8 Å². The molecule has 3 saturated heterocycles. The van der Waals surface area contributed by atoms with Gasteiger partial charge < -0.3 is 15.3 Å². The van der Waals surface area contributed by atoms with E-state index in [1.807, 2.05) is 29.2 Å². The lowest BCUT2D eigenvalue weighted by Crippen LogP contribution is -2.56. The highest BCUT2D eigenvalue weighted by molar-refractivity contribution is 6.31. The van der Waals surface area contributed by atoms with Crippen molar-refractivity contribution in [3.05, 3.63) is 34.9 Å². The molecule has 1 unspecified atom stereocenters. The predicted octanol–water partition coefficient (Wildman–Crippen LogP) is 3.74. The average Bonchev–Trinajstić information content (AvgIpc) is 3.36. The summed E-state index contributed by atoms with van der Waals surface area (Å²) in [5, 5.41) is 11.1. The molecule has 3 fully saturated rings. The number of carboxylic acids is 1. The van der Waals surface area contributed by atoms with Gasteiger partial charge in [-0.05, 0) is 37.8 Å². The number of hydrogen-bond donors (Lipinski definition) is 2. The summed E-state index contributed by atoms with van der Waals surface area (Å²) in [5.74, 6) is -1.93. The number of likely N-dealkylation sites (tertiary alicyclic amines) is 2. The van der Waals surface area contributed by atoms with E-state index in [1.54, 1.807) is 0 Å². The molecular weight excluding hydrogens is 499 g/mol. The largest absolute Gasteiger partial charge is 0.490 e. The highest BCUT2D eigenvalue weighted by Gasteiger charge is 2.57. The van der Waals surface area contributed by atoms with Gasteiger partial charge in [0.15, 0.2) is 0 Å². The van der Waals surface area contributed by atoms with Crippen LogP contribution >= 0.6 is 11.6 Å². The van der Waals surface area contributed by atoms with Crippen LogP contribution in [-0.2, 0) is 20.8 Å². The van der Waals surface area contributed by atoms with E-state index >= 15 is 0 Å². The van der Waals surface area contributed by atoms with Crippen LogP contribution in [0.4, 0.5) is 13.2 Å². The number of carboxylic acid groups (broad SMARTS) is 1. The summed E-state index contributed by atoms with van der Waals surface area (Å²) in [6.45, 7) is 7.80. The minimum absolute atomic E-state index is 0.111. The van der Waals surface area contributed by atoms with Crippen LogP contribution in [-0.4, -0.2) is 76.6 Å². The Balaban J connectivity index is 0.000000454. The Morgan fingerprint density at radius 1 is 1.22 bits per heavy atom. The van der Waals surface area contributed by atoms with E-state index in [0.29, 0.717) is 36.5 Å². The molecule has 36 heavy (non-hydrogen) atoms. The summed E-state index contributed by atoms with van der Waals surface area (Å²) in [4.78, 5) is 38.9. The van der Waals surface area contributed by atoms with E-state index in [4.69, 9.17) is 21.5 Å². The van der Waals surface area contributed by atoms with E-state index in [9.17, 15) is 22.8 Å². The minimum atomic E-state index is -5.08. The molecule has 0 radical (unpaired) electrons. The third-order valence-corrected chi connectivity index (χ3v) is 8.02. The minimum Gasteiger partial charge on any atom is -0.475 e. The van der Waals surface area contributed by atoms with Crippen molar-refractivity contribution >= 4 is 29.4 Å². The van der Waals surface area contributed by atoms with E-state index in [1.165, 1.54) is 12.8 Å². The Labute approximate surface area is 214 Å². The molecule has 0 aromatic heterocycles.